The monoisotopic (exact) mass is 430 g/mol. The second-order valence-electron chi connectivity index (χ2n) is 7.47. The number of aliphatic carboxylic acids is 2. The van der Waals surface area contributed by atoms with Crippen LogP contribution in [0.25, 0.3) is 32.7 Å². The summed E-state index contributed by atoms with van der Waals surface area (Å²) in [6.07, 6.45) is -0.424. The molecule has 2 N–H and O–H groups in total. The van der Waals surface area contributed by atoms with Crippen LogP contribution in [0.5, 0.6) is 11.5 Å². The van der Waals surface area contributed by atoms with E-state index in [2.05, 4.69) is 0 Å². The van der Waals surface area contributed by atoms with E-state index < -0.39 is 11.9 Å². The zero-order valence-electron chi connectivity index (χ0n) is 17.7. The highest BCUT2D eigenvalue weighted by molar-refractivity contribution is 6.11. The Kier molecular flexibility index (Phi) is 5.69. The number of hydrogen-bond donors (Lipinski definition) is 2. The molecule has 4 rings (SSSR count). The van der Waals surface area contributed by atoms with Crippen LogP contribution in [0.1, 0.15) is 11.1 Å². The van der Waals surface area contributed by atoms with Gasteiger partial charge in [0.25, 0.3) is 0 Å². The number of methoxy groups -OCH3 is 2. The van der Waals surface area contributed by atoms with Gasteiger partial charge in [0.1, 0.15) is 11.5 Å². The molecule has 0 aromatic heterocycles. The molecule has 0 unspecified atom stereocenters. The first-order chi connectivity index (χ1) is 15.4. The van der Waals surface area contributed by atoms with Crippen LogP contribution < -0.4 is 9.47 Å². The molecule has 0 aliphatic heterocycles. The number of hydrogen-bond acceptors (Lipinski definition) is 4. The van der Waals surface area contributed by atoms with Gasteiger partial charge in [-0.15, -0.1) is 0 Å². The van der Waals surface area contributed by atoms with E-state index in [9.17, 15) is 19.8 Å². The molecule has 4 aromatic rings. The van der Waals surface area contributed by atoms with Gasteiger partial charge in [0.05, 0.1) is 27.1 Å². The molecule has 0 radical (unpaired) electrons. The zero-order chi connectivity index (χ0) is 22.8. The van der Waals surface area contributed by atoms with Crippen molar-refractivity contribution in [2.24, 2.45) is 0 Å². The fourth-order valence-electron chi connectivity index (χ4n) is 4.32. The number of rotatable bonds is 7. The lowest BCUT2D eigenvalue weighted by atomic mass is 9.87. The van der Waals surface area contributed by atoms with E-state index in [1.165, 1.54) is 14.2 Å². The molecule has 32 heavy (non-hydrogen) atoms. The number of carboxylic acids is 2. The van der Waals surface area contributed by atoms with Crippen molar-refractivity contribution in [2.75, 3.05) is 14.2 Å². The third kappa shape index (κ3) is 3.71. The summed E-state index contributed by atoms with van der Waals surface area (Å²) in [5.41, 5.74) is 2.43. The Bertz CT molecular complexity index is 1250. The van der Waals surface area contributed by atoms with Gasteiger partial charge >= 0.3 is 11.9 Å². The molecule has 0 aliphatic rings. The van der Waals surface area contributed by atoms with Crippen LogP contribution in [-0.2, 0) is 22.4 Å². The average Bonchev–Trinajstić information content (AvgIpc) is 2.76. The van der Waals surface area contributed by atoms with Gasteiger partial charge in [0.15, 0.2) is 0 Å². The molecule has 162 valence electrons. The van der Waals surface area contributed by atoms with Crippen molar-refractivity contribution in [1.29, 1.82) is 0 Å². The highest BCUT2D eigenvalue weighted by Gasteiger charge is 2.24. The summed E-state index contributed by atoms with van der Waals surface area (Å²) in [6.45, 7) is 0. The lowest BCUT2D eigenvalue weighted by Gasteiger charge is -2.21. The number of benzene rings is 4. The van der Waals surface area contributed by atoms with Crippen LogP contribution >= 0.6 is 0 Å². The molecule has 0 spiro atoms. The summed E-state index contributed by atoms with van der Waals surface area (Å²) in [5.74, 6) is -1.08. The summed E-state index contributed by atoms with van der Waals surface area (Å²) in [4.78, 5) is 23.2. The van der Waals surface area contributed by atoms with Gasteiger partial charge in [-0.25, -0.2) is 0 Å². The number of carbonyl (C=O) groups is 2. The highest BCUT2D eigenvalue weighted by atomic mass is 16.5. The van der Waals surface area contributed by atoms with Crippen LogP contribution in [0.2, 0.25) is 0 Å². The Hall–Kier alpha value is -4.06. The standard InChI is InChI=1S/C26H22O6/c1-31-25-17(13-21(27)28)11-15-7-3-5-9-19(15)23(25)24-20-10-6-4-8-16(20)12-18(14-22(29)30)26(24)32-2/h3-12H,13-14H2,1-2H3,(H,27,28)(H,29,30). The summed E-state index contributed by atoms with van der Waals surface area (Å²) in [7, 11) is 3.02. The molecular formula is C26H22O6. The number of carboxylic acid groups (broad SMARTS) is 2. The maximum Gasteiger partial charge on any atom is 0.307 e. The van der Waals surface area contributed by atoms with Gasteiger partial charge in [0, 0.05) is 22.3 Å². The first-order valence-corrected chi connectivity index (χ1v) is 10.1. The maximum absolute atomic E-state index is 11.6. The van der Waals surface area contributed by atoms with E-state index in [-0.39, 0.29) is 12.8 Å². The molecule has 0 atom stereocenters. The summed E-state index contributed by atoms with van der Waals surface area (Å²) in [6, 6.07) is 18.9. The number of ether oxygens (including phenoxy) is 2. The molecule has 0 amide bonds. The topological polar surface area (TPSA) is 93.1 Å². The normalized spacial score (nSPS) is 10.9. The maximum atomic E-state index is 11.6. The van der Waals surface area contributed by atoms with E-state index in [1.807, 2.05) is 60.7 Å². The van der Waals surface area contributed by atoms with Crippen LogP contribution in [0.15, 0.2) is 60.7 Å². The predicted molar refractivity (Wildman–Crippen MR) is 123 cm³/mol. The second-order valence-corrected chi connectivity index (χ2v) is 7.47. The van der Waals surface area contributed by atoms with Crippen molar-refractivity contribution in [3.8, 4) is 22.6 Å². The summed E-state index contributed by atoms with van der Waals surface area (Å²) >= 11 is 0. The van der Waals surface area contributed by atoms with Crippen molar-refractivity contribution < 1.29 is 29.3 Å². The highest BCUT2D eigenvalue weighted by Crippen LogP contribution is 2.48. The first-order valence-electron chi connectivity index (χ1n) is 10.1. The molecule has 6 nitrogen and oxygen atoms in total. The summed E-state index contributed by atoms with van der Waals surface area (Å²) < 4.78 is 11.5. The molecule has 0 bridgehead atoms. The van der Waals surface area contributed by atoms with E-state index in [1.54, 1.807) is 0 Å². The van der Waals surface area contributed by atoms with E-state index in [4.69, 9.17) is 9.47 Å². The summed E-state index contributed by atoms with van der Waals surface area (Å²) in [5, 5.41) is 22.4. The smallest absolute Gasteiger partial charge is 0.307 e. The van der Waals surface area contributed by atoms with Gasteiger partial charge in [0.2, 0.25) is 0 Å². The van der Waals surface area contributed by atoms with Crippen molar-refractivity contribution in [1.82, 2.24) is 0 Å². The molecule has 0 heterocycles. The van der Waals surface area contributed by atoms with Gasteiger partial charge in [-0.05, 0) is 33.7 Å². The Morgan fingerprint density at radius 2 is 1.06 bits per heavy atom. The average molecular weight is 430 g/mol. The van der Waals surface area contributed by atoms with Crippen LogP contribution in [0.4, 0.5) is 0 Å². The van der Waals surface area contributed by atoms with E-state index in [0.29, 0.717) is 33.8 Å². The van der Waals surface area contributed by atoms with Crippen LogP contribution in [0.3, 0.4) is 0 Å². The van der Waals surface area contributed by atoms with E-state index >= 15 is 0 Å². The minimum Gasteiger partial charge on any atom is -0.496 e. The van der Waals surface area contributed by atoms with Gasteiger partial charge < -0.3 is 19.7 Å². The lowest BCUT2D eigenvalue weighted by molar-refractivity contribution is -0.137. The zero-order valence-corrected chi connectivity index (χ0v) is 17.7. The first kappa shape index (κ1) is 21.2. The Labute approximate surface area is 184 Å². The Morgan fingerprint density at radius 3 is 1.41 bits per heavy atom. The van der Waals surface area contributed by atoms with Crippen LogP contribution in [0, 0.1) is 0 Å². The molecule has 0 aliphatic carbocycles. The van der Waals surface area contributed by atoms with E-state index in [0.717, 1.165) is 21.5 Å². The molecule has 4 aromatic carbocycles. The fourth-order valence-corrected chi connectivity index (χ4v) is 4.32. The van der Waals surface area contributed by atoms with Gasteiger partial charge in [-0.3, -0.25) is 9.59 Å². The van der Waals surface area contributed by atoms with Crippen molar-refractivity contribution in [2.45, 2.75) is 12.8 Å². The lowest BCUT2D eigenvalue weighted by Crippen LogP contribution is -2.06. The Morgan fingerprint density at radius 1 is 0.688 bits per heavy atom. The minimum atomic E-state index is -0.971. The molecule has 0 saturated heterocycles. The number of fused-ring (bicyclic) bond motifs is 2. The fraction of sp³-hybridized carbons (Fsp3) is 0.154. The molecule has 0 saturated carbocycles. The van der Waals surface area contributed by atoms with Gasteiger partial charge in [-0.2, -0.15) is 0 Å². The minimum absolute atomic E-state index is 0.212. The molecule has 6 heteroatoms. The second kappa shape index (κ2) is 8.59. The molecule has 0 fully saturated rings. The predicted octanol–water partition coefficient (Wildman–Crippen LogP) is 4.93. The van der Waals surface area contributed by atoms with Gasteiger partial charge in [-0.1, -0.05) is 48.5 Å². The molecular weight excluding hydrogens is 408 g/mol. The van der Waals surface area contributed by atoms with Crippen molar-refractivity contribution >= 4 is 33.5 Å². The van der Waals surface area contributed by atoms with Crippen molar-refractivity contribution in [3.63, 3.8) is 0 Å². The SMILES string of the molecule is COc1c(CC(=O)O)cc2ccccc2c1-c1c(OC)c(CC(=O)O)cc2ccccc12. The third-order valence-corrected chi connectivity index (χ3v) is 5.50. The van der Waals surface area contributed by atoms with Crippen LogP contribution in [-0.4, -0.2) is 36.4 Å². The largest absolute Gasteiger partial charge is 0.496 e. The van der Waals surface area contributed by atoms with Crippen molar-refractivity contribution in [3.05, 3.63) is 71.8 Å². The quantitative estimate of drug-likeness (QED) is 0.432. The Balaban J connectivity index is 2.22. The third-order valence-electron chi connectivity index (χ3n) is 5.50.